The number of likely N-dealkylation sites (tertiary alicyclic amines) is 1. The molecule has 1 fully saturated rings. The highest BCUT2D eigenvalue weighted by molar-refractivity contribution is 9.09. The van der Waals surface area contributed by atoms with Crippen LogP contribution in [0.1, 0.15) is 17.5 Å². The summed E-state index contributed by atoms with van der Waals surface area (Å²) in [5, 5.41) is 18.1. The van der Waals surface area contributed by atoms with Gasteiger partial charge >= 0.3 is 5.97 Å². The summed E-state index contributed by atoms with van der Waals surface area (Å²) in [7, 11) is 0. The van der Waals surface area contributed by atoms with Gasteiger partial charge in [0.1, 0.15) is 6.04 Å². The second-order valence-corrected chi connectivity index (χ2v) is 6.01. The Kier molecular flexibility index (Phi) is 4.40. The van der Waals surface area contributed by atoms with Crippen LogP contribution in [0.25, 0.3) is 0 Å². The van der Waals surface area contributed by atoms with E-state index in [1.807, 2.05) is 6.07 Å². The Labute approximate surface area is 124 Å². The Bertz CT molecular complexity index is 565. The maximum atomic E-state index is 11.8. The second-order valence-electron chi connectivity index (χ2n) is 4.71. The quantitative estimate of drug-likeness (QED) is 0.846. The predicted octanol–water partition coefficient (Wildman–Crippen LogP) is 1.55. The highest BCUT2D eigenvalue weighted by Crippen LogP contribution is 2.22. The van der Waals surface area contributed by atoms with Crippen LogP contribution < -0.4 is 0 Å². The molecule has 1 aliphatic rings. The third-order valence-corrected chi connectivity index (χ3v) is 3.90. The SMILES string of the molecule is N#Cc1ccc(C[C@@H](C(=O)O)N2CC(Br)CC2=O)cc1. The van der Waals surface area contributed by atoms with Crippen LogP contribution in [-0.2, 0) is 16.0 Å². The van der Waals surface area contributed by atoms with Crippen molar-refractivity contribution < 1.29 is 14.7 Å². The molecular formula is C14H13BrN2O3. The molecule has 1 unspecified atom stereocenters. The van der Waals surface area contributed by atoms with E-state index < -0.39 is 12.0 Å². The van der Waals surface area contributed by atoms with Crippen LogP contribution in [-0.4, -0.2) is 39.3 Å². The van der Waals surface area contributed by atoms with Crippen molar-refractivity contribution >= 4 is 27.8 Å². The van der Waals surface area contributed by atoms with Crippen molar-refractivity contribution in [1.29, 1.82) is 5.26 Å². The Morgan fingerprint density at radius 1 is 1.50 bits per heavy atom. The van der Waals surface area contributed by atoms with Crippen molar-refractivity contribution in [2.45, 2.75) is 23.7 Å². The van der Waals surface area contributed by atoms with Crippen LogP contribution in [0.5, 0.6) is 0 Å². The molecule has 0 saturated carbocycles. The zero-order valence-corrected chi connectivity index (χ0v) is 12.2. The number of amides is 1. The molecular weight excluding hydrogens is 324 g/mol. The van der Waals surface area contributed by atoms with Gasteiger partial charge in [0.05, 0.1) is 11.6 Å². The van der Waals surface area contributed by atoms with Gasteiger partial charge in [-0.25, -0.2) is 4.79 Å². The third kappa shape index (κ3) is 3.17. The maximum Gasteiger partial charge on any atom is 0.326 e. The first-order valence-corrected chi connectivity index (χ1v) is 7.08. The first-order chi connectivity index (χ1) is 9.51. The highest BCUT2D eigenvalue weighted by atomic mass is 79.9. The summed E-state index contributed by atoms with van der Waals surface area (Å²) >= 11 is 3.35. The lowest BCUT2D eigenvalue weighted by Crippen LogP contribution is -2.43. The molecule has 0 aliphatic carbocycles. The minimum Gasteiger partial charge on any atom is -0.480 e. The van der Waals surface area contributed by atoms with Gasteiger partial charge in [0.15, 0.2) is 0 Å². The summed E-state index contributed by atoms with van der Waals surface area (Å²) in [5.41, 5.74) is 1.32. The van der Waals surface area contributed by atoms with Gasteiger partial charge in [0.2, 0.25) is 5.91 Å². The molecule has 1 aromatic rings. The topological polar surface area (TPSA) is 81.4 Å². The summed E-state index contributed by atoms with van der Waals surface area (Å²) in [6.45, 7) is 0.409. The average Bonchev–Trinajstić information content (AvgIpc) is 2.75. The fourth-order valence-electron chi connectivity index (χ4n) is 2.26. The second kappa shape index (κ2) is 6.06. The number of alkyl halides is 1. The van der Waals surface area contributed by atoms with E-state index in [1.165, 1.54) is 4.90 Å². The van der Waals surface area contributed by atoms with Crippen molar-refractivity contribution in [2.75, 3.05) is 6.54 Å². The Balaban J connectivity index is 2.15. The number of carbonyl (C=O) groups is 2. The summed E-state index contributed by atoms with van der Waals surface area (Å²) in [6.07, 6.45) is 0.573. The average molecular weight is 337 g/mol. The molecule has 5 nitrogen and oxygen atoms in total. The highest BCUT2D eigenvalue weighted by Gasteiger charge is 2.36. The molecule has 1 aromatic carbocycles. The number of nitriles is 1. The number of carboxylic acids is 1. The predicted molar refractivity (Wildman–Crippen MR) is 75.3 cm³/mol. The minimum atomic E-state index is -1.01. The zero-order valence-electron chi connectivity index (χ0n) is 10.6. The Morgan fingerprint density at radius 2 is 2.15 bits per heavy atom. The Morgan fingerprint density at radius 3 is 2.60 bits per heavy atom. The van der Waals surface area contributed by atoms with Gasteiger partial charge in [0.25, 0.3) is 0 Å². The molecule has 0 radical (unpaired) electrons. The molecule has 0 spiro atoms. The van der Waals surface area contributed by atoms with E-state index in [9.17, 15) is 14.7 Å². The van der Waals surface area contributed by atoms with Crippen LogP contribution in [0.2, 0.25) is 0 Å². The van der Waals surface area contributed by atoms with Crippen molar-refractivity contribution in [1.82, 2.24) is 4.90 Å². The molecule has 1 N–H and O–H groups in total. The fourth-order valence-corrected chi connectivity index (χ4v) is 2.85. The minimum absolute atomic E-state index is 0.0119. The van der Waals surface area contributed by atoms with Gasteiger partial charge in [-0.2, -0.15) is 5.26 Å². The molecule has 1 heterocycles. The summed E-state index contributed by atoms with van der Waals surface area (Å²) < 4.78 is 0. The molecule has 1 saturated heterocycles. The normalized spacial score (nSPS) is 19.7. The first-order valence-electron chi connectivity index (χ1n) is 6.16. The lowest BCUT2D eigenvalue weighted by molar-refractivity contribution is -0.148. The van der Waals surface area contributed by atoms with Crippen molar-refractivity contribution in [3.05, 3.63) is 35.4 Å². The molecule has 6 heteroatoms. The molecule has 2 atom stereocenters. The molecule has 0 bridgehead atoms. The number of rotatable bonds is 4. The van der Waals surface area contributed by atoms with Crippen molar-refractivity contribution in [3.63, 3.8) is 0 Å². The van der Waals surface area contributed by atoms with E-state index >= 15 is 0 Å². The number of halogens is 1. The third-order valence-electron chi connectivity index (χ3n) is 3.28. The van der Waals surface area contributed by atoms with Gasteiger partial charge in [-0.05, 0) is 17.7 Å². The van der Waals surface area contributed by atoms with E-state index in [-0.39, 0.29) is 17.2 Å². The van der Waals surface area contributed by atoms with Crippen LogP contribution in [0.4, 0.5) is 0 Å². The van der Waals surface area contributed by atoms with Gasteiger partial charge in [-0.3, -0.25) is 4.79 Å². The van der Waals surface area contributed by atoms with E-state index in [0.29, 0.717) is 18.5 Å². The lowest BCUT2D eigenvalue weighted by Gasteiger charge is -2.24. The van der Waals surface area contributed by atoms with Gasteiger partial charge in [0, 0.05) is 24.2 Å². The van der Waals surface area contributed by atoms with Crippen LogP contribution in [0, 0.1) is 11.3 Å². The molecule has 2 rings (SSSR count). The molecule has 0 aromatic heterocycles. The molecule has 104 valence electrons. The first kappa shape index (κ1) is 14.5. The number of nitrogens with zero attached hydrogens (tertiary/aromatic N) is 2. The van der Waals surface area contributed by atoms with Gasteiger partial charge in [-0.15, -0.1) is 0 Å². The summed E-state index contributed by atoms with van der Waals surface area (Å²) in [6, 6.07) is 7.89. The van der Waals surface area contributed by atoms with Crippen molar-refractivity contribution in [2.24, 2.45) is 0 Å². The maximum absolute atomic E-state index is 11.8. The lowest BCUT2D eigenvalue weighted by atomic mass is 10.0. The van der Waals surface area contributed by atoms with E-state index in [1.54, 1.807) is 24.3 Å². The van der Waals surface area contributed by atoms with Crippen LogP contribution in [0.15, 0.2) is 24.3 Å². The van der Waals surface area contributed by atoms with Gasteiger partial charge in [-0.1, -0.05) is 28.1 Å². The standard InChI is InChI=1S/C14H13BrN2O3/c15-11-6-13(18)17(8-11)12(14(19)20)5-9-1-3-10(7-16)4-2-9/h1-4,11-12H,5-6,8H2,(H,19,20)/t11?,12-/m0/s1. The molecule has 1 amide bonds. The number of aliphatic carboxylic acids is 1. The van der Waals surface area contributed by atoms with Crippen LogP contribution in [0.3, 0.4) is 0 Å². The molecule has 20 heavy (non-hydrogen) atoms. The number of benzene rings is 1. The summed E-state index contributed by atoms with van der Waals surface area (Å²) in [5.74, 6) is -1.16. The largest absolute Gasteiger partial charge is 0.480 e. The van der Waals surface area contributed by atoms with Crippen LogP contribution >= 0.6 is 15.9 Å². The molecule has 1 aliphatic heterocycles. The number of carboxylic acid groups (broad SMARTS) is 1. The van der Waals surface area contributed by atoms with Gasteiger partial charge < -0.3 is 10.0 Å². The van der Waals surface area contributed by atoms with Crippen molar-refractivity contribution in [3.8, 4) is 6.07 Å². The number of carbonyl (C=O) groups excluding carboxylic acids is 1. The number of hydrogen-bond donors (Lipinski definition) is 1. The van der Waals surface area contributed by atoms with E-state index in [4.69, 9.17) is 5.26 Å². The smallest absolute Gasteiger partial charge is 0.326 e. The summed E-state index contributed by atoms with van der Waals surface area (Å²) in [4.78, 5) is 24.6. The zero-order chi connectivity index (χ0) is 14.7. The fraction of sp³-hybridized carbons (Fsp3) is 0.357. The van der Waals surface area contributed by atoms with E-state index in [2.05, 4.69) is 15.9 Å². The number of hydrogen-bond acceptors (Lipinski definition) is 3. The monoisotopic (exact) mass is 336 g/mol. The van der Waals surface area contributed by atoms with E-state index in [0.717, 1.165) is 5.56 Å². The Hall–Kier alpha value is -1.87.